The number of hydrogen-bond acceptors (Lipinski definition) is 3. The van der Waals surface area contributed by atoms with Crippen LogP contribution < -0.4 is 5.73 Å². The molecule has 14 heavy (non-hydrogen) atoms. The minimum atomic E-state index is 0.794. The quantitative estimate of drug-likeness (QED) is 0.834. The lowest BCUT2D eigenvalue weighted by molar-refractivity contribution is 0.704. The molecule has 2 aromatic heterocycles. The molecule has 2 N–H and O–H groups in total. The van der Waals surface area contributed by atoms with E-state index in [0.29, 0.717) is 0 Å². The Morgan fingerprint density at radius 3 is 2.93 bits per heavy atom. The van der Waals surface area contributed by atoms with E-state index in [2.05, 4.69) is 21.9 Å². The molecule has 0 atom stereocenters. The molecule has 0 aliphatic heterocycles. The average molecular weight is 207 g/mol. The lowest BCUT2D eigenvalue weighted by Crippen LogP contribution is -2.02. The maximum absolute atomic E-state index is 5.80. The number of aryl methyl sites for hydroxylation is 2. The van der Waals surface area contributed by atoms with Gasteiger partial charge in [-0.05, 0) is 35.2 Å². The number of nitrogens with zero attached hydrogens (tertiary/aromatic N) is 2. The first kappa shape index (κ1) is 9.27. The molecule has 0 radical (unpaired) electrons. The van der Waals surface area contributed by atoms with Gasteiger partial charge in [-0.2, -0.15) is 16.4 Å². The summed E-state index contributed by atoms with van der Waals surface area (Å²) in [6, 6.07) is 2.15. The zero-order chi connectivity index (χ0) is 9.97. The van der Waals surface area contributed by atoms with Gasteiger partial charge in [0.1, 0.15) is 0 Å². The standard InChI is InChI=1S/C10H13N3S/c1-13-10(9(11)6-12-13)3-2-8-4-5-14-7-8/h4-7H,2-3,11H2,1H3. The van der Waals surface area contributed by atoms with E-state index in [9.17, 15) is 0 Å². The van der Waals surface area contributed by atoms with Crippen molar-refractivity contribution in [2.75, 3.05) is 5.73 Å². The normalized spacial score (nSPS) is 10.6. The molecule has 0 aliphatic carbocycles. The highest BCUT2D eigenvalue weighted by Gasteiger charge is 2.05. The van der Waals surface area contributed by atoms with Gasteiger partial charge in [0.2, 0.25) is 0 Å². The summed E-state index contributed by atoms with van der Waals surface area (Å²) in [7, 11) is 1.93. The van der Waals surface area contributed by atoms with E-state index in [4.69, 9.17) is 5.73 Å². The predicted octanol–water partition coefficient (Wildman–Crippen LogP) is 1.85. The van der Waals surface area contributed by atoms with Gasteiger partial charge >= 0.3 is 0 Å². The Kier molecular flexibility index (Phi) is 2.54. The van der Waals surface area contributed by atoms with Crippen molar-refractivity contribution in [1.29, 1.82) is 0 Å². The van der Waals surface area contributed by atoms with E-state index in [1.807, 2.05) is 11.7 Å². The zero-order valence-electron chi connectivity index (χ0n) is 8.10. The van der Waals surface area contributed by atoms with Crippen LogP contribution in [0.15, 0.2) is 23.0 Å². The van der Waals surface area contributed by atoms with Crippen LogP contribution in [0, 0.1) is 0 Å². The van der Waals surface area contributed by atoms with E-state index in [-0.39, 0.29) is 0 Å². The molecule has 0 aliphatic rings. The number of thiophene rings is 1. The molecule has 0 saturated carbocycles. The first-order valence-corrected chi connectivity index (χ1v) is 5.49. The SMILES string of the molecule is Cn1ncc(N)c1CCc1ccsc1. The van der Waals surface area contributed by atoms with Crippen LogP contribution in [0.25, 0.3) is 0 Å². The molecule has 0 bridgehead atoms. The lowest BCUT2D eigenvalue weighted by Gasteiger charge is -2.01. The monoisotopic (exact) mass is 207 g/mol. The van der Waals surface area contributed by atoms with Crippen LogP contribution in [0.4, 0.5) is 5.69 Å². The maximum Gasteiger partial charge on any atom is 0.0733 e. The van der Waals surface area contributed by atoms with Gasteiger partial charge in [-0.1, -0.05) is 0 Å². The van der Waals surface area contributed by atoms with Crippen LogP contribution in [0.3, 0.4) is 0 Å². The van der Waals surface area contributed by atoms with Crippen LogP contribution >= 0.6 is 11.3 Å². The highest BCUT2D eigenvalue weighted by Crippen LogP contribution is 2.14. The van der Waals surface area contributed by atoms with Crippen molar-refractivity contribution in [3.8, 4) is 0 Å². The van der Waals surface area contributed by atoms with E-state index in [1.54, 1.807) is 17.5 Å². The molecule has 0 fully saturated rings. The summed E-state index contributed by atoms with van der Waals surface area (Å²) in [5.74, 6) is 0. The number of nitrogen functional groups attached to an aromatic ring is 1. The van der Waals surface area contributed by atoms with Crippen molar-refractivity contribution in [3.63, 3.8) is 0 Å². The topological polar surface area (TPSA) is 43.8 Å². The molecule has 2 rings (SSSR count). The lowest BCUT2D eigenvalue weighted by atomic mass is 10.1. The van der Waals surface area contributed by atoms with Crippen LogP contribution in [-0.2, 0) is 19.9 Å². The second-order valence-electron chi connectivity index (χ2n) is 3.30. The maximum atomic E-state index is 5.80. The molecular formula is C10H13N3S. The summed E-state index contributed by atoms with van der Waals surface area (Å²) in [6.45, 7) is 0. The number of hydrogen-bond donors (Lipinski definition) is 1. The summed E-state index contributed by atoms with van der Waals surface area (Å²) in [6.07, 6.45) is 3.70. The minimum Gasteiger partial charge on any atom is -0.396 e. The Hall–Kier alpha value is -1.29. The van der Waals surface area contributed by atoms with Gasteiger partial charge in [-0.3, -0.25) is 4.68 Å². The van der Waals surface area contributed by atoms with Gasteiger partial charge in [0.15, 0.2) is 0 Å². The number of anilines is 1. The summed E-state index contributed by atoms with van der Waals surface area (Å²) < 4.78 is 1.85. The van der Waals surface area contributed by atoms with Crippen molar-refractivity contribution in [2.45, 2.75) is 12.8 Å². The third-order valence-electron chi connectivity index (χ3n) is 2.32. The molecule has 0 unspecified atom stereocenters. The third kappa shape index (κ3) is 1.80. The fraction of sp³-hybridized carbons (Fsp3) is 0.300. The predicted molar refractivity (Wildman–Crippen MR) is 59.3 cm³/mol. The van der Waals surface area contributed by atoms with Crippen molar-refractivity contribution in [2.24, 2.45) is 7.05 Å². The highest BCUT2D eigenvalue weighted by molar-refractivity contribution is 7.07. The Morgan fingerprint density at radius 1 is 1.50 bits per heavy atom. The van der Waals surface area contributed by atoms with Crippen LogP contribution in [0.1, 0.15) is 11.3 Å². The van der Waals surface area contributed by atoms with Gasteiger partial charge in [0.25, 0.3) is 0 Å². The van der Waals surface area contributed by atoms with Crippen molar-refractivity contribution in [1.82, 2.24) is 9.78 Å². The second kappa shape index (κ2) is 3.84. The summed E-state index contributed by atoms with van der Waals surface area (Å²) in [4.78, 5) is 0. The first-order chi connectivity index (χ1) is 6.77. The van der Waals surface area contributed by atoms with Gasteiger partial charge in [-0.15, -0.1) is 0 Å². The van der Waals surface area contributed by atoms with E-state index < -0.39 is 0 Å². The number of aromatic nitrogens is 2. The van der Waals surface area contributed by atoms with Crippen LogP contribution in [0.2, 0.25) is 0 Å². The third-order valence-corrected chi connectivity index (χ3v) is 3.06. The summed E-state index contributed by atoms with van der Waals surface area (Å²) in [5, 5.41) is 8.38. The fourth-order valence-corrected chi connectivity index (χ4v) is 2.19. The molecule has 0 spiro atoms. The van der Waals surface area contributed by atoms with Crippen LogP contribution in [0.5, 0.6) is 0 Å². The molecule has 0 saturated heterocycles. The number of nitrogens with two attached hydrogens (primary N) is 1. The Bertz CT molecular complexity index is 383. The largest absolute Gasteiger partial charge is 0.396 e. The van der Waals surface area contributed by atoms with Gasteiger partial charge in [-0.25, -0.2) is 0 Å². The Labute approximate surface area is 87.2 Å². The van der Waals surface area contributed by atoms with Crippen LogP contribution in [-0.4, -0.2) is 9.78 Å². The molecule has 0 amide bonds. The van der Waals surface area contributed by atoms with E-state index >= 15 is 0 Å². The van der Waals surface area contributed by atoms with Gasteiger partial charge in [0.05, 0.1) is 17.6 Å². The molecule has 3 nitrogen and oxygen atoms in total. The molecule has 0 aromatic carbocycles. The summed E-state index contributed by atoms with van der Waals surface area (Å²) >= 11 is 1.73. The molecule has 74 valence electrons. The molecule has 4 heteroatoms. The van der Waals surface area contributed by atoms with Crippen molar-refractivity contribution >= 4 is 17.0 Å². The Morgan fingerprint density at radius 2 is 2.36 bits per heavy atom. The van der Waals surface area contributed by atoms with E-state index in [0.717, 1.165) is 24.2 Å². The van der Waals surface area contributed by atoms with Crippen molar-refractivity contribution < 1.29 is 0 Å². The minimum absolute atomic E-state index is 0.794. The summed E-state index contributed by atoms with van der Waals surface area (Å²) in [5.41, 5.74) is 9.09. The van der Waals surface area contributed by atoms with E-state index in [1.165, 1.54) is 5.56 Å². The number of rotatable bonds is 3. The first-order valence-electron chi connectivity index (χ1n) is 4.55. The smallest absolute Gasteiger partial charge is 0.0733 e. The van der Waals surface area contributed by atoms with Gasteiger partial charge in [0, 0.05) is 7.05 Å². The zero-order valence-corrected chi connectivity index (χ0v) is 8.92. The Balaban J connectivity index is 2.05. The molecular weight excluding hydrogens is 194 g/mol. The molecule has 2 aromatic rings. The second-order valence-corrected chi connectivity index (χ2v) is 4.08. The average Bonchev–Trinajstić information content (AvgIpc) is 2.76. The molecule has 2 heterocycles. The van der Waals surface area contributed by atoms with Gasteiger partial charge < -0.3 is 5.73 Å². The fourth-order valence-electron chi connectivity index (χ4n) is 1.48. The highest BCUT2D eigenvalue weighted by atomic mass is 32.1. The van der Waals surface area contributed by atoms with Crippen molar-refractivity contribution in [3.05, 3.63) is 34.3 Å².